The number of esters is 1. The van der Waals surface area contributed by atoms with Gasteiger partial charge in [0.15, 0.2) is 6.04 Å². The molecule has 1 aliphatic rings. The van der Waals surface area contributed by atoms with Gasteiger partial charge < -0.3 is 40.1 Å². The number of carbonyl (C=O) groups excluding carboxylic acids is 1. The lowest BCUT2D eigenvalue weighted by Gasteiger charge is -2.46. The molecular weight excluding hydrogens is 332 g/mol. The van der Waals surface area contributed by atoms with Crippen LogP contribution >= 0.6 is 0 Å². The fraction of sp³-hybridized carbons (Fsp3) is 0.562. The Kier molecular flexibility index (Phi) is 5.55. The minimum atomic E-state index is -1.37. The van der Waals surface area contributed by atoms with Crippen LogP contribution in [-0.2, 0) is 9.47 Å². The van der Waals surface area contributed by atoms with Crippen LogP contribution in [0, 0.1) is 0 Å². The van der Waals surface area contributed by atoms with E-state index in [4.69, 9.17) is 15.2 Å². The van der Waals surface area contributed by atoms with E-state index in [1.165, 1.54) is 12.1 Å². The Morgan fingerprint density at radius 2 is 1.92 bits per heavy atom. The molecule has 0 aliphatic carbocycles. The summed E-state index contributed by atoms with van der Waals surface area (Å²) in [5.41, 5.74) is 5.53. The predicted molar refractivity (Wildman–Crippen MR) is 85.3 cm³/mol. The Morgan fingerprint density at radius 1 is 1.28 bits per heavy atom. The van der Waals surface area contributed by atoms with Crippen LogP contribution < -0.4 is 10.8 Å². The summed E-state index contributed by atoms with van der Waals surface area (Å²) in [4.78, 5) is 12.0. The van der Waals surface area contributed by atoms with E-state index in [1.807, 2.05) is 0 Å². The number of hydrogen-bond acceptors (Lipinski definition) is 8. The smallest absolute Gasteiger partial charge is 0.337 e. The van der Waals surface area contributed by atoms with Gasteiger partial charge in [-0.2, -0.15) is 0 Å². The third-order valence-electron chi connectivity index (χ3n) is 4.18. The molecule has 1 unspecified atom stereocenters. The molecule has 25 heavy (non-hydrogen) atoms. The fourth-order valence-corrected chi connectivity index (χ4v) is 2.85. The van der Waals surface area contributed by atoms with Gasteiger partial charge in [0, 0.05) is 5.69 Å². The molecule has 1 aliphatic heterocycles. The van der Waals surface area contributed by atoms with E-state index >= 15 is 0 Å². The summed E-state index contributed by atoms with van der Waals surface area (Å²) in [6.45, 7) is -0.438. The fourth-order valence-electron chi connectivity index (χ4n) is 2.85. The van der Waals surface area contributed by atoms with Gasteiger partial charge in [-0.15, -0.1) is 0 Å². The number of aliphatic hydroxyl groups is 3. The molecule has 9 nitrogen and oxygen atoms in total. The number of rotatable bonds is 4. The van der Waals surface area contributed by atoms with Gasteiger partial charge in [0.2, 0.25) is 6.29 Å². The zero-order valence-electron chi connectivity index (χ0n) is 14.3. The molecule has 1 saturated heterocycles. The lowest BCUT2D eigenvalue weighted by atomic mass is 9.95. The van der Waals surface area contributed by atoms with Crippen molar-refractivity contribution in [1.82, 2.24) is 0 Å². The van der Waals surface area contributed by atoms with E-state index in [9.17, 15) is 25.2 Å². The highest BCUT2D eigenvalue weighted by molar-refractivity contribution is 5.93. The summed E-state index contributed by atoms with van der Waals surface area (Å²) in [7, 11) is 5.22. The van der Waals surface area contributed by atoms with Gasteiger partial charge in [0.25, 0.3) is 0 Å². The molecule has 5 atom stereocenters. The van der Waals surface area contributed by atoms with Crippen molar-refractivity contribution in [1.29, 1.82) is 0 Å². The maximum Gasteiger partial charge on any atom is 0.337 e. The number of anilines is 1. The number of nitrogen functional groups attached to an aromatic ring is 1. The van der Waals surface area contributed by atoms with Crippen LogP contribution in [0.5, 0.6) is 5.75 Å². The minimum Gasteiger partial charge on any atom is -0.872 e. The van der Waals surface area contributed by atoms with Crippen molar-refractivity contribution >= 4 is 11.7 Å². The summed E-state index contributed by atoms with van der Waals surface area (Å²) in [6.07, 6.45) is -5.14. The molecule has 1 heterocycles. The van der Waals surface area contributed by atoms with Crippen LogP contribution in [0.3, 0.4) is 0 Å². The van der Waals surface area contributed by atoms with Crippen LogP contribution in [0.15, 0.2) is 18.2 Å². The molecular formula is C16H24N2O7. The standard InChI is InChI=1S/C16H24N2O7/c1-18(2,3)12-14(21)13(20)11(25-16(12)23)7-24-15(22)9-6-8(17)4-5-10(9)19/h4-6,11-14,16,20-21,23H,7,17H2,1-3H3/t11-,12-,13-,14-,16?/m1/s1. The number of quaternary nitrogens is 1. The predicted octanol–water partition coefficient (Wildman–Crippen LogP) is -1.99. The topological polar surface area (TPSA) is 145 Å². The second-order valence-electron chi connectivity index (χ2n) is 7.01. The SMILES string of the molecule is C[N+](C)(C)[C@H]1C(O)O[C@H](COC(=O)c2cc(N)ccc2[O-])[C@@H](O)[C@@H]1O. The normalized spacial score (nSPS) is 30.1. The second-order valence-corrected chi connectivity index (χ2v) is 7.01. The quantitative estimate of drug-likeness (QED) is 0.276. The first-order valence-corrected chi connectivity index (χ1v) is 7.77. The molecule has 9 heteroatoms. The number of nitrogens with two attached hydrogens (primary N) is 1. The van der Waals surface area contributed by atoms with Crippen LogP contribution in [0.1, 0.15) is 10.4 Å². The number of nitrogens with zero attached hydrogens (tertiary/aromatic N) is 1. The van der Waals surface area contributed by atoms with Crippen LogP contribution in [0.2, 0.25) is 0 Å². The Morgan fingerprint density at radius 3 is 2.52 bits per heavy atom. The van der Waals surface area contributed by atoms with Crippen molar-refractivity contribution in [2.24, 2.45) is 0 Å². The number of likely N-dealkylation sites (N-methyl/N-ethyl adjacent to an activating group) is 1. The summed E-state index contributed by atoms with van der Waals surface area (Å²) in [5.74, 6) is -1.47. The van der Waals surface area contributed by atoms with E-state index in [0.29, 0.717) is 0 Å². The lowest BCUT2D eigenvalue weighted by Crippen LogP contribution is -2.67. The van der Waals surface area contributed by atoms with E-state index < -0.39 is 49.0 Å². The molecule has 0 spiro atoms. The first-order valence-electron chi connectivity index (χ1n) is 7.77. The van der Waals surface area contributed by atoms with Gasteiger partial charge in [-0.05, 0) is 12.1 Å². The third kappa shape index (κ3) is 4.20. The van der Waals surface area contributed by atoms with E-state index in [1.54, 1.807) is 21.1 Å². The highest BCUT2D eigenvalue weighted by Gasteiger charge is 2.50. The zero-order valence-corrected chi connectivity index (χ0v) is 14.3. The highest BCUT2D eigenvalue weighted by Crippen LogP contribution is 2.26. The zero-order chi connectivity index (χ0) is 18.9. The van der Waals surface area contributed by atoms with Crippen molar-refractivity contribution in [3.8, 4) is 5.75 Å². The molecule has 1 aromatic rings. The average molecular weight is 356 g/mol. The molecule has 2 rings (SSSR count). The largest absolute Gasteiger partial charge is 0.872 e. The van der Waals surface area contributed by atoms with Crippen LogP contribution in [-0.4, -0.2) is 84.2 Å². The molecule has 0 saturated carbocycles. The summed E-state index contributed by atoms with van der Waals surface area (Å²) in [6, 6.07) is 2.94. The molecule has 0 bridgehead atoms. The Bertz CT molecular complexity index is 631. The monoisotopic (exact) mass is 356 g/mol. The number of benzene rings is 1. The van der Waals surface area contributed by atoms with Crippen molar-refractivity contribution < 1.29 is 39.2 Å². The van der Waals surface area contributed by atoms with Gasteiger partial charge in [0.1, 0.15) is 24.9 Å². The molecule has 0 radical (unpaired) electrons. The van der Waals surface area contributed by atoms with Crippen molar-refractivity contribution in [3.63, 3.8) is 0 Å². The maximum atomic E-state index is 12.0. The lowest BCUT2D eigenvalue weighted by molar-refractivity contribution is -0.909. The number of hydrogen-bond donors (Lipinski definition) is 4. The average Bonchev–Trinajstić information content (AvgIpc) is 2.50. The molecule has 5 N–H and O–H groups in total. The van der Waals surface area contributed by atoms with Crippen molar-refractivity contribution in [2.75, 3.05) is 33.5 Å². The molecule has 140 valence electrons. The van der Waals surface area contributed by atoms with Gasteiger partial charge >= 0.3 is 5.97 Å². The first kappa shape index (κ1) is 19.4. The van der Waals surface area contributed by atoms with Crippen LogP contribution in [0.25, 0.3) is 0 Å². The number of aliphatic hydroxyl groups excluding tert-OH is 3. The first-order chi connectivity index (χ1) is 11.5. The summed E-state index contributed by atoms with van der Waals surface area (Å²) < 4.78 is 10.4. The van der Waals surface area contributed by atoms with Gasteiger partial charge in [0.05, 0.1) is 26.7 Å². The Balaban J connectivity index is 2.04. The number of carbonyl (C=O) groups is 1. The second kappa shape index (κ2) is 7.14. The van der Waals surface area contributed by atoms with Gasteiger partial charge in [-0.3, -0.25) is 0 Å². The highest BCUT2D eigenvalue weighted by atomic mass is 16.6. The van der Waals surface area contributed by atoms with E-state index in [2.05, 4.69) is 0 Å². The van der Waals surface area contributed by atoms with E-state index in [-0.39, 0.29) is 15.7 Å². The van der Waals surface area contributed by atoms with Crippen molar-refractivity contribution in [3.05, 3.63) is 23.8 Å². The molecule has 1 fully saturated rings. The summed E-state index contributed by atoms with van der Waals surface area (Å²) in [5, 5.41) is 42.2. The van der Waals surface area contributed by atoms with Crippen molar-refractivity contribution in [2.45, 2.75) is 30.6 Å². The summed E-state index contributed by atoms with van der Waals surface area (Å²) >= 11 is 0. The molecule has 1 aromatic carbocycles. The van der Waals surface area contributed by atoms with E-state index in [0.717, 1.165) is 6.07 Å². The Hall–Kier alpha value is -1.91. The molecule has 0 aromatic heterocycles. The third-order valence-corrected chi connectivity index (χ3v) is 4.18. The van der Waals surface area contributed by atoms with Crippen LogP contribution in [0.4, 0.5) is 5.69 Å². The minimum absolute atomic E-state index is 0.161. The number of ether oxygens (including phenoxy) is 2. The van der Waals surface area contributed by atoms with Gasteiger partial charge in [-0.1, -0.05) is 11.8 Å². The molecule has 0 amide bonds. The Labute approximate surface area is 145 Å². The maximum absolute atomic E-state index is 12.0. The van der Waals surface area contributed by atoms with Gasteiger partial charge in [-0.25, -0.2) is 4.79 Å².